The average molecular weight is 720 g/mol. The Bertz CT molecular complexity index is 2760. The van der Waals surface area contributed by atoms with Crippen LogP contribution in [0.3, 0.4) is 0 Å². The van der Waals surface area contributed by atoms with E-state index in [1.165, 1.54) is 88.3 Å². The van der Waals surface area contributed by atoms with Gasteiger partial charge in [-0.25, -0.2) is 0 Å². The van der Waals surface area contributed by atoms with Crippen LogP contribution in [0.2, 0.25) is 0 Å². The highest BCUT2D eigenvalue weighted by atomic mass is 14.7. The molecular formula is C55H45N. The van der Waals surface area contributed by atoms with Crippen molar-refractivity contribution in [2.75, 3.05) is 0 Å². The first-order valence-corrected chi connectivity index (χ1v) is 20.0. The maximum Gasteiger partial charge on any atom is 0.0704 e. The summed E-state index contributed by atoms with van der Waals surface area (Å²) in [4.78, 5) is 4.86. The molecular weight excluding hydrogens is 675 g/mol. The van der Waals surface area contributed by atoms with E-state index in [1.54, 1.807) is 0 Å². The molecule has 1 nitrogen and oxygen atoms in total. The van der Waals surface area contributed by atoms with E-state index in [9.17, 15) is 0 Å². The highest BCUT2D eigenvalue weighted by Crippen LogP contribution is 2.36. The lowest BCUT2D eigenvalue weighted by atomic mass is 9.86. The third-order valence-corrected chi connectivity index (χ3v) is 11.3. The number of benzene rings is 8. The predicted molar refractivity (Wildman–Crippen MR) is 238 cm³/mol. The van der Waals surface area contributed by atoms with Crippen molar-refractivity contribution in [3.8, 4) is 44.6 Å². The Morgan fingerprint density at radius 1 is 0.375 bits per heavy atom. The zero-order chi connectivity index (χ0) is 37.7. The SMILES string of the molecule is CCc1cc(CCCc2ccc(-c3ccc4ccccc4c3)cc2)c(-c2ccccn2)cc1-c1ccccc1Cc1ccc(-c2ccc3ccccc3c2)cc1. The van der Waals surface area contributed by atoms with Crippen LogP contribution in [0.15, 0.2) is 194 Å². The van der Waals surface area contributed by atoms with Crippen LogP contribution in [0.5, 0.6) is 0 Å². The highest BCUT2D eigenvalue weighted by Gasteiger charge is 2.16. The number of pyridine rings is 1. The molecule has 0 aliphatic heterocycles. The maximum absolute atomic E-state index is 4.86. The number of aryl methyl sites for hydroxylation is 3. The first-order chi connectivity index (χ1) is 27.7. The zero-order valence-corrected chi connectivity index (χ0v) is 32.0. The summed E-state index contributed by atoms with van der Waals surface area (Å²) in [7, 11) is 0. The van der Waals surface area contributed by atoms with Crippen molar-refractivity contribution in [2.45, 2.75) is 39.0 Å². The summed E-state index contributed by atoms with van der Waals surface area (Å²) < 4.78 is 0. The Labute approximate surface area is 331 Å². The molecule has 1 heteroatoms. The van der Waals surface area contributed by atoms with Gasteiger partial charge in [0, 0.05) is 11.8 Å². The Balaban J connectivity index is 0.958. The van der Waals surface area contributed by atoms with E-state index in [-0.39, 0.29) is 0 Å². The molecule has 0 spiro atoms. The molecule has 0 radical (unpaired) electrons. The van der Waals surface area contributed by atoms with Gasteiger partial charge in [0.05, 0.1) is 5.69 Å². The van der Waals surface area contributed by atoms with Crippen LogP contribution in [0.1, 0.15) is 41.2 Å². The van der Waals surface area contributed by atoms with Crippen molar-refractivity contribution < 1.29 is 0 Å². The zero-order valence-electron chi connectivity index (χ0n) is 32.0. The van der Waals surface area contributed by atoms with Gasteiger partial charge in [-0.1, -0.05) is 165 Å². The largest absolute Gasteiger partial charge is 0.256 e. The van der Waals surface area contributed by atoms with Gasteiger partial charge < -0.3 is 0 Å². The normalized spacial score (nSPS) is 11.3. The van der Waals surface area contributed by atoms with E-state index in [4.69, 9.17) is 4.98 Å². The van der Waals surface area contributed by atoms with Gasteiger partial charge >= 0.3 is 0 Å². The first kappa shape index (κ1) is 35.2. The van der Waals surface area contributed by atoms with Crippen LogP contribution in [0, 0.1) is 0 Å². The van der Waals surface area contributed by atoms with Crippen molar-refractivity contribution in [2.24, 2.45) is 0 Å². The summed E-state index contributed by atoms with van der Waals surface area (Å²) in [5.41, 5.74) is 16.7. The fourth-order valence-corrected chi connectivity index (χ4v) is 8.26. The van der Waals surface area contributed by atoms with Gasteiger partial charge in [-0.2, -0.15) is 0 Å². The standard InChI is InChI=1S/C55H45N/c1-2-41-35-51(18-11-12-39-21-25-44(26-22-39)48-31-29-42-13-3-5-15-46(42)36-48)54(55-20-9-10-33-56-55)38-53(41)52-19-8-7-17-50(52)34-40-23-27-45(28-24-40)49-32-30-43-14-4-6-16-47(43)37-49/h3-10,13-17,19-33,35-38H,2,11-12,18,34H2,1H3. The molecule has 9 aromatic rings. The summed E-state index contributed by atoms with van der Waals surface area (Å²) in [6.07, 6.45) is 6.86. The topological polar surface area (TPSA) is 12.9 Å². The summed E-state index contributed by atoms with van der Waals surface area (Å²) in [5.74, 6) is 0. The summed E-state index contributed by atoms with van der Waals surface area (Å²) >= 11 is 0. The minimum atomic E-state index is 0.873. The van der Waals surface area contributed by atoms with Crippen molar-refractivity contribution >= 4 is 21.5 Å². The van der Waals surface area contributed by atoms with Crippen molar-refractivity contribution in [1.82, 2.24) is 4.98 Å². The molecule has 1 aromatic heterocycles. The lowest BCUT2D eigenvalue weighted by Gasteiger charge is -2.19. The molecule has 270 valence electrons. The number of fused-ring (bicyclic) bond motifs is 2. The average Bonchev–Trinajstić information content (AvgIpc) is 3.27. The molecule has 0 bridgehead atoms. The molecule has 0 unspecified atom stereocenters. The number of nitrogens with zero attached hydrogens (tertiary/aromatic N) is 1. The second kappa shape index (κ2) is 16.0. The first-order valence-electron chi connectivity index (χ1n) is 20.0. The molecule has 0 saturated carbocycles. The Morgan fingerprint density at radius 3 is 1.57 bits per heavy atom. The van der Waals surface area contributed by atoms with E-state index < -0.39 is 0 Å². The Kier molecular flexibility index (Phi) is 10.1. The number of rotatable bonds is 11. The van der Waals surface area contributed by atoms with E-state index in [1.807, 2.05) is 12.3 Å². The van der Waals surface area contributed by atoms with Gasteiger partial charge in [-0.3, -0.25) is 4.98 Å². The highest BCUT2D eigenvalue weighted by molar-refractivity contribution is 5.88. The number of hydrogen-bond acceptors (Lipinski definition) is 1. The summed E-state index contributed by atoms with van der Waals surface area (Å²) in [6, 6.07) is 69.0. The van der Waals surface area contributed by atoms with Crippen LogP contribution >= 0.6 is 0 Å². The molecule has 0 N–H and O–H groups in total. The van der Waals surface area contributed by atoms with Crippen LogP contribution < -0.4 is 0 Å². The van der Waals surface area contributed by atoms with Gasteiger partial charge in [0.15, 0.2) is 0 Å². The minimum absolute atomic E-state index is 0.873. The van der Waals surface area contributed by atoms with Crippen molar-refractivity contribution in [1.29, 1.82) is 0 Å². The molecule has 0 saturated heterocycles. The molecule has 9 rings (SSSR count). The molecule has 1 heterocycles. The predicted octanol–water partition coefficient (Wildman–Crippen LogP) is 14.4. The second-order valence-electron chi connectivity index (χ2n) is 14.9. The molecule has 0 fully saturated rings. The molecule has 0 atom stereocenters. The van der Waals surface area contributed by atoms with E-state index in [2.05, 4.69) is 189 Å². The van der Waals surface area contributed by atoms with Crippen LogP contribution in [-0.2, 0) is 25.7 Å². The summed E-state index contributed by atoms with van der Waals surface area (Å²) in [6.45, 7) is 2.29. The Hall–Kier alpha value is -6.57. The number of aromatic nitrogens is 1. The van der Waals surface area contributed by atoms with Crippen LogP contribution in [-0.4, -0.2) is 4.98 Å². The van der Waals surface area contributed by atoms with Crippen LogP contribution in [0.4, 0.5) is 0 Å². The number of hydrogen-bond donors (Lipinski definition) is 0. The third-order valence-electron chi connectivity index (χ3n) is 11.3. The molecule has 0 aliphatic carbocycles. The van der Waals surface area contributed by atoms with Gasteiger partial charge in [-0.15, -0.1) is 0 Å². The second-order valence-corrected chi connectivity index (χ2v) is 14.9. The van der Waals surface area contributed by atoms with Crippen molar-refractivity contribution in [3.05, 3.63) is 222 Å². The monoisotopic (exact) mass is 719 g/mol. The van der Waals surface area contributed by atoms with Crippen molar-refractivity contribution in [3.63, 3.8) is 0 Å². The maximum atomic E-state index is 4.86. The van der Waals surface area contributed by atoms with Gasteiger partial charge in [0.1, 0.15) is 0 Å². The molecule has 8 aromatic carbocycles. The van der Waals surface area contributed by atoms with Gasteiger partial charge in [0.2, 0.25) is 0 Å². The molecule has 0 amide bonds. The van der Waals surface area contributed by atoms with Gasteiger partial charge in [0.25, 0.3) is 0 Å². The van der Waals surface area contributed by atoms with E-state index in [0.29, 0.717) is 0 Å². The molecule has 56 heavy (non-hydrogen) atoms. The van der Waals surface area contributed by atoms with E-state index in [0.717, 1.165) is 37.8 Å². The fraction of sp³-hybridized carbons (Fsp3) is 0.109. The fourth-order valence-electron chi connectivity index (χ4n) is 8.26. The minimum Gasteiger partial charge on any atom is -0.256 e. The van der Waals surface area contributed by atoms with Crippen LogP contribution in [0.25, 0.3) is 66.2 Å². The summed E-state index contributed by atoms with van der Waals surface area (Å²) in [5, 5.41) is 5.10. The lowest BCUT2D eigenvalue weighted by Crippen LogP contribution is -2.01. The molecule has 0 aliphatic rings. The van der Waals surface area contributed by atoms with Gasteiger partial charge in [-0.05, 0) is 145 Å². The quantitative estimate of drug-likeness (QED) is 0.130. The smallest absolute Gasteiger partial charge is 0.0704 e. The third kappa shape index (κ3) is 7.54. The lowest BCUT2D eigenvalue weighted by molar-refractivity contribution is 0.820. The van der Waals surface area contributed by atoms with E-state index >= 15 is 0 Å². The Morgan fingerprint density at radius 2 is 0.946 bits per heavy atom.